The van der Waals surface area contributed by atoms with Crippen molar-refractivity contribution in [2.24, 2.45) is 5.92 Å². The average Bonchev–Trinajstić information content (AvgIpc) is 2.94. The normalized spacial score (nSPS) is 19.9. The van der Waals surface area contributed by atoms with E-state index in [0.29, 0.717) is 0 Å². The molecule has 2 aliphatic rings. The molecule has 1 aromatic carbocycles. The number of ether oxygens (including phenoxy) is 1. The zero-order chi connectivity index (χ0) is 13.8. The van der Waals surface area contributed by atoms with E-state index in [0.717, 1.165) is 37.8 Å². The predicted molar refractivity (Wildman–Crippen MR) is 82.2 cm³/mol. The van der Waals surface area contributed by atoms with Crippen molar-refractivity contribution in [2.75, 3.05) is 33.3 Å². The minimum atomic E-state index is 0.857. The maximum atomic E-state index is 5.58. The minimum Gasteiger partial charge on any atom is -0.493 e. The fourth-order valence-corrected chi connectivity index (χ4v) is 3.38. The molecule has 0 spiro atoms. The van der Waals surface area contributed by atoms with Crippen molar-refractivity contribution in [1.29, 1.82) is 0 Å². The summed E-state index contributed by atoms with van der Waals surface area (Å²) in [5, 5.41) is 3.26. The maximum absolute atomic E-state index is 5.58. The summed E-state index contributed by atoms with van der Waals surface area (Å²) in [5.74, 6) is 2.02. The highest BCUT2D eigenvalue weighted by Crippen LogP contribution is 2.27. The molecular weight excluding hydrogens is 248 g/mol. The van der Waals surface area contributed by atoms with Crippen LogP contribution in [0.2, 0.25) is 0 Å². The second-order valence-electron chi connectivity index (χ2n) is 6.15. The molecule has 0 aliphatic carbocycles. The molecule has 20 heavy (non-hydrogen) atoms. The summed E-state index contributed by atoms with van der Waals surface area (Å²) in [5.41, 5.74) is 2.84. The molecule has 0 unspecified atom stereocenters. The molecule has 1 aromatic rings. The van der Waals surface area contributed by atoms with Crippen molar-refractivity contribution >= 4 is 0 Å². The Hall–Kier alpha value is -1.06. The van der Waals surface area contributed by atoms with Crippen molar-refractivity contribution < 1.29 is 4.74 Å². The summed E-state index contributed by atoms with van der Waals surface area (Å²) >= 11 is 0. The van der Waals surface area contributed by atoms with E-state index in [-0.39, 0.29) is 0 Å². The van der Waals surface area contributed by atoms with Crippen LogP contribution in [0.3, 0.4) is 0 Å². The highest BCUT2D eigenvalue weighted by molar-refractivity contribution is 5.39. The maximum Gasteiger partial charge on any atom is 0.122 e. The van der Waals surface area contributed by atoms with Crippen molar-refractivity contribution in [3.05, 3.63) is 29.3 Å². The lowest BCUT2D eigenvalue weighted by atomic mass is 9.93. The van der Waals surface area contributed by atoms with Crippen molar-refractivity contribution in [3.8, 4) is 5.75 Å². The first-order valence-corrected chi connectivity index (χ1v) is 7.96. The molecule has 3 nitrogen and oxygen atoms in total. The SMILES string of the molecule is CNCCC1CCN(Cc2ccc3c(c2)CCO3)CC1. The monoisotopic (exact) mass is 274 g/mol. The predicted octanol–water partition coefficient (Wildman–Crippen LogP) is 2.44. The van der Waals surface area contributed by atoms with Crippen molar-refractivity contribution in [2.45, 2.75) is 32.2 Å². The van der Waals surface area contributed by atoms with Crippen LogP contribution in [-0.2, 0) is 13.0 Å². The van der Waals surface area contributed by atoms with Gasteiger partial charge in [-0.05, 0) is 69.1 Å². The molecule has 0 radical (unpaired) electrons. The lowest BCUT2D eigenvalue weighted by molar-refractivity contribution is 0.172. The van der Waals surface area contributed by atoms with Gasteiger partial charge in [-0.25, -0.2) is 0 Å². The van der Waals surface area contributed by atoms with E-state index in [4.69, 9.17) is 4.74 Å². The smallest absolute Gasteiger partial charge is 0.122 e. The van der Waals surface area contributed by atoms with Crippen LogP contribution in [0.25, 0.3) is 0 Å². The number of hydrogen-bond donors (Lipinski definition) is 1. The molecule has 0 amide bonds. The van der Waals surface area contributed by atoms with Crippen LogP contribution in [0, 0.1) is 5.92 Å². The Morgan fingerprint density at radius 1 is 1.30 bits per heavy atom. The Morgan fingerprint density at radius 3 is 2.95 bits per heavy atom. The molecule has 0 bridgehead atoms. The number of rotatable bonds is 5. The van der Waals surface area contributed by atoms with Crippen molar-refractivity contribution in [1.82, 2.24) is 10.2 Å². The van der Waals surface area contributed by atoms with Crippen LogP contribution in [-0.4, -0.2) is 38.2 Å². The molecule has 0 saturated carbocycles. The highest BCUT2D eigenvalue weighted by Gasteiger charge is 2.19. The van der Waals surface area contributed by atoms with Gasteiger partial charge in [0.2, 0.25) is 0 Å². The van der Waals surface area contributed by atoms with Gasteiger partial charge in [-0.3, -0.25) is 4.90 Å². The van der Waals surface area contributed by atoms with Gasteiger partial charge in [0.1, 0.15) is 5.75 Å². The number of piperidine rings is 1. The lowest BCUT2D eigenvalue weighted by Gasteiger charge is -2.32. The van der Waals surface area contributed by atoms with Crippen LogP contribution in [0.4, 0.5) is 0 Å². The Balaban J connectivity index is 1.50. The third kappa shape index (κ3) is 3.33. The largest absolute Gasteiger partial charge is 0.493 e. The summed E-state index contributed by atoms with van der Waals surface area (Å²) in [4.78, 5) is 2.60. The summed E-state index contributed by atoms with van der Waals surface area (Å²) < 4.78 is 5.58. The van der Waals surface area contributed by atoms with Gasteiger partial charge < -0.3 is 10.1 Å². The van der Waals surface area contributed by atoms with E-state index in [1.807, 2.05) is 7.05 Å². The Kier molecular flexibility index (Phi) is 4.58. The van der Waals surface area contributed by atoms with Crippen LogP contribution in [0.1, 0.15) is 30.4 Å². The van der Waals surface area contributed by atoms with E-state index in [1.165, 1.54) is 43.5 Å². The Bertz CT molecular complexity index is 439. The zero-order valence-corrected chi connectivity index (χ0v) is 12.5. The van der Waals surface area contributed by atoms with Gasteiger partial charge in [-0.1, -0.05) is 12.1 Å². The molecule has 2 aliphatic heterocycles. The standard InChI is InChI=1S/C17H26N2O/c1-18-8-4-14-5-9-19(10-6-14)13-15-2-3-17-16(12-15)7-11-20-17/h2-3,12,14,18H,4-11,13H2,1H3. The van der Waals surface area contributed by atoms with Crippen molar-refractivity contribution in [3.63, 3.8) is 0 Å². The van der Waals surface area contributed by atoms with Gasteiger partial charge in [-0.15, -0.1) is 0 Å². The molecule has 110 valence electrons. The average molecular weight is 274 g/mol. The number of fused-ring (bicyclic) bond motifs is 1. The van der Waals surface area contributed by atoms with Gasteiger partial charge in [0.05, 0.1) is 6.61 Å². The Morgan fingerprint density at radius 2 is 2.15 bits per heavy atom. The van der Waals surface area contributed by atoms with E-state index < -0.39 is 0 Å². The molecule has 1 fully saturated rings. The number of nitrogens with one attached hydrogen (secondary N) is 1. The molecule has 0 aromatic heterocycles. The van der Waals surface area contributed by atoms with Crippen LogP contribution >= 0.6 is 0 Å². The van der Waals surface area contributed by atoms with E-state index in [2.05, 4.69) is 28.4 Å². The van der Waals surface area contributed by atoms with Gasteiger partial charge >= 0.3 is 0 Å². The van der Waals surface area contributed by atoms with Crippen LogP contribution < -0.4 is 10.1 Å². The first kappa shape index (κ1) is 13.9. The minimum absolute atomic E-state index is 0.857. The number of benzene rings is 1. The second kappa shape index (κ2) is 6.59. The molecule has 1 N–H and O–H groups in total. The number of likely N-dealkylation sites (tertiary alicyclic amines) is 1. The number of hydrogen-bond acceptors (Lipinski definition) is 3. The zero-order valence-electron chi connectivity index (χ0n) is 12.5. The van der Waals surface area contributed by atoms with E-state index in [9.17, 15) is 0 Å². The van der Waals surface area contributed by atoms with Gasteiger partial charge in [0.15, 0.2) is 0 Å². The highest BCUT2D eigenvalue weighted by atomic mass is 16.5. The van der Waals surface area contributed by atoms with E-state index in [1.54, 1.807) is 0 Å². The molecule has 0 atom stereocenters. The Labute approximate surface area is 122 Å². The summed E-state index contributed by atoms with van der Waals surface area (Å²) in [6, 6.07) is 6.73. The summed E-state index contributed by atoms with van der Waals surface area (Å²) in [6.07, 6.45) is 5.13. The molecule has 1 saturated heterocycles. The topological polar surface area (TPSA) is 24.5 Å². The van der Waals surface area contributed by atoms with E-state index >= 15 is 0 Å². The summed E-state index contributed by atoms with van der Waals surface area (Å²) in [7, 11) is 2.05. The fourth-order valence-electron chi connectivity index (χ4n) is 3.38. The lowest BCUT2D eigenvalue weighted by Crippen LogP contribution is -2.34. The molecule has 3 heteroatoms. The second-order valence-corrected chi connectivity index (χ2v) is 6.15. The number of nitrogens with zero attached hydrogens (tertiary/aromatic N) is 1. The quantitative estimate of drug-likeness (QED) is 0.892. The third-order valence-electron chi connectivity index (χ3n) is 4.67. The third-order valence-corrected chi connectivity index (χ3v) is 4.67. The van der Waals surface area contributed by atoms with Crippen LogP contribution in [0.5, 0.6) is 5.75 Å². The van der Waals surface area contributed by atoms with Gasteiger partial charge in [-0.2, -0.15) is 0 Å². The molecule has 3 rings (SSSR count). The molecular formula is C17H26N2O. The summed E-state index contributed by atoms with van der Waals surface area (Å²) in [6.45, 7) is 5.63. The van der Waals surface area contributed by atoms with Gasteiger partial charge in [0, 0.05) is 13.0 Å². The first-order chi connectivity index (χ1) is 9.85. The fraction of sp³-hybridized carbons (Fsp3) is 0.647. The molecule has 2 heterocycles. The van der Waals surface area contributed by atoms with Gasteiger partial charge in [0.25, 0.3) is 0 Å². The van der Waals surface area contributed by atoms with Crippen LogP contribution in [0.15, 0.2) is 18.2 Å². The first-order valence-electron chi connectivity index (χ1n) is 7.96.